The second-order valence-corrected chi connectivity index (χ2v) is 3.93. The van der Waals surface area contributed by atoms with Crippen molar-refractivity contribution in [3.63, 3.8) is 0 Å². The van der Waals surface area contributed by atoms with E-state index >= 15 is 0 Å². The Morgan fingerprint density at radius 1 is 1.43 bits per heavy atom. The van der Waals surface area contributed by atoms with Crippen molar-refractivity contribution < 1.29 is 17.9 Å². The molecule has 1 heterocycles. The van der Waals surface area contributed by atoms with Crippen LogP contribution in [0.4, 0.5) is 13.2 Å². The average molecular weight is 276 g/mol. The van der Waals surface area contributed by atoms with E-state index in [9.17, 15) is 13.2 Å². The van der Waals surface area contributed by atoms with Crippen molar-refractivity contribution in [2.45, 2.75) is 18.6 Å². The lowest BCUT2D eigenvalue weighted by Crippen LogP contribution is -2.47. The summed E-state index contributed by atoms with van der Waals surface area (Å²) in [6.07, 6.45) is -4.80. The highest BCUT2D eigenvalue weighted by atomic mass is 79.9. The first-order chi connectivity index (χ1) is 6.53. The highest BCUT2D eigenvalue weighted by Crippen LogP contribution is 2.21. The quantitative estimate of drug-likeness (QED) is 0.731. The third kappa shape index (κ3) is 4.14. The van der Waals surface area contributed by atoms with E-state index in [1.807, 2.05) is 4.90 Å². The summed E-state index contributed by atoms with van der Waals surface area (Å²) >= 11 is 3.27. The van der Waals surface area contributed by atoms with Crippen LogP contribution in [-0.2, 0) is 4.74 Å². The number of hydrogen-bond donors (Lipinski definition) is 0. The van der Waals surface area contributed by atoms with Crippen LogP contribution >= 0.6 is 15.9 Å². The molecule has 84 valence electrons. The molecule has 0 amide bonds. The SMILES string of the molecule is FC(F)(F)CCN1CCOCC1CBr. The first-order valence-electron chi connectivity index (χ1n) is 4.47. The highest BCUT2D eigenvalue weighted by Gasteiger charge is 2.30. The maximum absolute atomic E-state index is 12.0. The molecule has 0 aromatic rings. The van der Waals surface area contributed by atoms with E-state index in [1.165, 1.54) is 0 Å². The first kappa shape index (κ1) is 12.3. The molecule has 1 atom stereocenters. The van der Waals surface area contributed by atoms with E-state index < -0.39 is 12.6 Å². The van der Waals surface area contributed by atoms with Crippen LogP contribution in [0.1, 0.15) is 6.42 Å². The Kier molecular flexibility index (Phi) is 4.66. The zero-order valence-electron chi connectivity index (χ0n) is 7.69. The summed E-state index contributed by atoms with van der Waals surface area (Å²) in [6.45, 7) is 1.71. The summed E-state index contributed by atoms with van der Waals surface area (Å²) < 4.78 is 41.1. The zero-order chi connectivity index (χ0) is 10.6. The lowest BCUT2D eigenvalue weighted by atomic mass is 10.2. The molecule has 1 fully saturated rings. The second-order valence-electron chi connectivity index (χ2n) is 3.28. The summed E-state index contributed by atoms with van der Waals surface area (Å²) in [5.74, 6) is 0. The molecule has 0 radical (unpaired) electrons. The Morgan fingerprint density at radius 3 is 2.71 bits per heavy atom. The highest BCUT2D eigenvalue weighted by molar-refractivity contribution is 9.09. The smallest absolute Gasteiger partial charge is 0.378 e. The van der Waals surface area contributed by atoms with Crippen molar-refractivity contribution in [1.29, 1.82) is 0 Å². The van der Waals surface area contributed by atoms with Gasteiger partial charge in [-0.3, -0.25) is 4.90 Å². The van der Waals surface area contributed by atoms with Gasteiger partial charge in [-0.2, -0.15) is 13.2 Å². The van der Waals surface area contributed by atoms with Gasteiger partial charge in [-0.05, 0) is 0 Å². The molecular formula is C8H13BrF3NO. The van der Waals surface area contributed by atoms with Gasteiger partial charge >= 0.3 is 6.18 Å². The number of hydrogen-bond acceptors (Lipinski definition) is 2. The van der Waals surface area contributed by atoms with E-state index in [-0.39, 0.29) is 12.6 Å². The van der Waals surface area contributed by atoms with E-state index in [0.29, 0.717) is 25.1 Å². The van der Waals surface area contributed by atoms with Gasteiger partial charge in [0.1, 0.15) is 0 Å². The molecule has 1 rings (SSSR count). The maximum Gasteiger partial charge on any atom is 0.390 e. The van der Waals surface area contributed by atoms with Crippen molar-refractivity contribution in [2.24, 2.45) is 0 Å². The fourth-order valence-electron chi connectivity index (χ4n) is 1.40. The maximum atomic E-state index is 12.0. The van der Waals surface area contributed by atoms with Crippen LogP contribution in [-0.4, -0.2) is 48.8 Å². The number of nitrogens with zero attached hydrogens (tertiary/aromatic N) is 1. The lowest BCUT2D eigenvalue weighted by molar-refractivity contribution is -0.142. The van der Waals surface area contributed by atoms with Crippen LogP contribution in [0, 0.1) is 0 Å². The van der Waals surface area contributed by atoms with E-state index in [2.05, 4.69) is 15.9 Å². The summed E-state index contributed by atoms with van der Waals surface area (Å²) in [6, 6.07) is 0.0751. The Morgan fingerprint density at radius 2 is 2.14 bits per heavy atom. The largest absolute Gasteiger partial charge is 0.390 e. The number of alkyl halides is 4. The molecule has 0 aromatic carbocycles. The predicted molar refractivity (Wildman–Crippen MR) is 50.6 cm³/mol. The van der Waals surface area contributed by atoms with Crippen molar-refractivity contribution >= 4 is 15.9 Å². The minimum atomic E-state index is -4.06. The van der Waals surface area contributed by atoms with Crippen molar-refractivity contribution in [2.75, 3.05) is 31.6 Å². The fraction of sp³-hybridized carbons (Fsp3) is 1.00. The van der Waals surface area contributed by atoms with Crippen LogP contribution in [0.15, 0.2) is 0 Å². The molecule has 1 unspecified atom stereocenters. The summed E-state index contributed by atoms with van der Waals surface area (Å²) in [5, 5.41) is 0.658. The van der Waals surface area contributed by atoms with Gasteiger partial charge in [0.15, 0.2) is 0 Å². The minimum absolute atomic E-state index is 0.0725. The third-order valence-corrected chi connectivity index (χ3v) is 2.96. The van der Waals surface area contributed by atoms with Gasteiger partial charge in [0, 0.05) is 24.5 Å². The summed E-state index contributed by atoms with van der Waals surface area (Å²) in [4.78, 5) is 1.83. The standard InChI is InChI=1S/C8H13BrF3NO/c9-5-7-6-14-4-3-13(7)2-1-8(10,11)12/h7H,1-6H2. The Labute approximate surface area is 89.5 Å². The van der Waals surface area contributed by atoms with Gasteiger partial charge in [0.25, 0.3) is 0 Å². The molecule has 6 heteroatoms. The van der Waals surface area contributed by atoms with Crippen LogP contribution in [0.2, 0.25) is 0 Å². The van der Waals surface area contributed by atoms with Crippen LogP contribution in [0.3, 0.4) is 0 Å². The molecule has 0 aromatic heterocycles. The van der Waals surface area contributed by atoms with Gasteiger partial charge in [-0.25, -0.2) is 0 Å². The molecule has 1 aliphatic rings. The predicted octanol–water partition coefficient (Wildman–Crippen LogP) is 2.03. The molecule has 2 nitrogen and oxygen atoms in total. The van der Waals surface area contributed by atoms with E-state index in [4.69, 9.17) is 4.74 Å². The number of ether oxygens (including phenoxy) is 1. The Hall–Kier alpha value is 0.190. The monoisotopic (exact) mass is 275 g/mol. The van der Waals surface area contributed by atoms with Gasteiger partial charge in [-0.15, -0.1) is 0 Å². The summed E-state index contributed by atoms with van der Waals surface area (Å²) in [7, 11) is 0. The molecule has 0 spiro atoms. The number of halogens is 4. The van der Waals surface area contributed by atoms with Gasteiger partial charge in [0.2, 0.25) is 0 Å². The minimum Gasteiger partial charge on any atom is -0.378 e. The van der Waals surface area contributed by atoms with Crippen LogP contribution in [0.5, 0.6) is 0 Å². The van der Waals surface area contributed by atoms with Gasteiger partial charge < -0.3 is 4.74 Å². The van der Waals surface area contributed by atoms with Crippen molar-refractivity contribution in [3.05, 3.63) is 0 Å². The molecule has 1 saturated heterocycles. The van der Waals surface area contributed by atoms with Crippen molar-refractivity contribution in [1.82, 2.24) is 4.90 Å². The normalized spacial score (nSPS) is 25.3. The Balaban J connectivity index is 2.33. The molecule has 0 aliphatic carbocycles. The average Bonchev–Trinajstić information content (AvgIpc) is 2.14. The van der Waals surface area contributed by atoms with Crippen molar-refractivity contribution in [3.8, 4) is 0 Å². The zero-order valence-corrected chi connectivity index (χ0v) is 9.27. The number of morpholine rings is 1. The van der Waals surface area contributed by atoms with Crippen LogP contribution < -0.4 is 0 Å². The van der Waals surface area contributed by atoms with Gasteiger partial charge in [0.05, 0.1) is 19.6 Å². The number of rotatable bonds is 3. The Bertz CT molecular complexity index is 176. The molecule has 0 saturated carbocycles. The molecule has 0 bridgehead atoms. The molecule has 0 N–H and O–H groups in total. The second kappa shape index (κ2) is 5.32. The van der Waals surface area contributed by atoms with Crippen LogP contribution in [0.25, 0.3) is 0 Å². The molecule has 1 aliphatic heterocycles. The fourth-order valence-corrected chi connectivity index (χ4v) is 1.99. The topological polar surface area (TPSA) is 12.5 Å². The first-order valence-corrected chi connectivity index (χ1v) is 5.59. The lowest BCUT2D eigenvalue weighted by Gasteiger charge is -2.34. The molecular weight excluding hydrogens is 263 g/mol. The van der Waals surface area contributed by atoms with Gasteiger partial charge in [-0.1, -0.05) is 15.9 Å². The third-order valence-electron chi connectivity index (χ3n) is 2.21. The van der Waals surface area contributed by atoms with E-state index in [0.717, 1.165) is 0 Å². The van der Waals surface area contributed by atoms with E-state index in [1.54, 1.807) is 0 Å². The summed E-state index contributed by atoms with van der Waals surface area (Å²) in [5.41, 5.74) is 0. The molecule has 14 heavy (non-hydrogen) atoms.